The summed E-state index contributed by atoms with van der Waals surface area (Å²) in [6.45, 7) is 8.31. The lowest BCUT2D eigenvalue weighted by atomic mass is 9.94. The molecule has 0 bridgehead atoms. The quantitative estimate of drug-likeness (QED) is 0.551. The van der Waals surface area contributed by atoms with Crippen LogP contribution in [0.2, 0.25) is 0 Å². The zero-order valence-corrected chi connectivity index (χ0v) is 16.4. The lowest BCUT2D eigenvalue weighted by Gasteiger charge is -2.16. The zero-order chi connectivity index (χ0) is 19.1. The maximum atomic E-state index is 4.90. The number of rotatable bonds is 4. The molecule has 1 unspecified atom stereocenters. The monoisotopic (exact) mass is 360 g/mol. The highest BCUT2D eigenvalue weighted by atomic mass is 15.3. The van der Waals surface area contributed by atoms with Crippen LogP contribution in [0.4, 0.5) is 0 Å². The van der Waals surface area contributed by atoms with E-state index in [2.05, 4.69) is 41.7 Å². The van der Waals surface area contributed by atoms with Crippen LogP contribution in [-0.4, -0.2) is 29.1 Å². The number of benzene rings is 1. The second-order valence-electron chi connectivity index (χ2n) is 7.23. The first-order chi connectivity index (χ1) is 13.0. The summed E-state index contributed by atoms with van der Waals surface area (Å²) < 4.78 is 3.99. The number of hydrogen-bond donors (Lipinski definition) is 0. The average molecular weight is 360 g/mol. The normalized spacial score (nSPS) is 13.8. The molecule has 3 aromatic heterocycles. The number of nitrogens with zero attached hydrogens (tertiary/aromatic N) is 6. The van der Waals surface area contributed by atoms with Crippen molar-refractivity contribution in [2.75, 3.05) is 0 Å². The Labute approximate surface area is 158 Å². The van der Waals surface area contributed by atoms with Crippen LogP contribution < -0.4 is 0 Å². The summed E-state index contributed by atoms with van der Waals surface area (Å²) in [7, 11) is 2.05. The topological polar surface area (TPSA) is 60.9 Å². The lowest BCUT2D eigenvalue weighted by Crippen LogP contribution is -2.11. The fourth-order valence-electron chi connectivity index (χ4n) is 3.40. The Kier molecular flexibility index (Phi) is 4.26. The zero-order valence-electron chi connectivity index (χ0n) is 16.4. The summed E-state index contributed by atoms with van der Waals surface area (Å²) in [5.41, 5.74) is 4.82. The van der Waals surface area contributed by atoms with Crippen molar-refractivity contribution in [2.45, 2.75) is 39.5 Å². The minimum absolute atomic E-state index is 0.133. The maximum Gasteiger partial charge on any atom is 0.177 e. The molecule has 0 aliphatic heterocycles. The SMILES string of the molecule is Cc1ncc(C)n2nc(C(C)[C@H](C)c3nc(-c4ccccc4)cn3C)nc12. The van der Waals surface area contributed by atoms with Gasteiger partial charge in [0.2, 0.25) is 0 Å². The van der Waals surface area contributed by atoms with Crippen molar-refractivity contribution in [2.24, 2.45) is 7.05 Å². The molecule has 0 amide bonds. The van der Waals surface area contributed by atoms with E-state index in [4.69, 9.17) is 15.1 Å². The van der Waals surface area contributed by atoms with Crippen molar-refractivity contribution in [3.63, 3.8) is 0 Å². The molecule has 1 aromatic carbocycles. The molecule has 138 valence electrons. The van der Waals surface area contributed by atoms with Gasteiger partial charge in [0.15, 0.2) is 11.5 Å². The molecule has 27 heavy (non-hydrogen) atoms. The van der Waals surface area contributed by atoms with Crippen LogP contribution in [0.5, 0.6) is 0 Å². The molecule has 0 radical (unpaired) electrons. The van der Waals surface area contributed by atoms with Gasteiger partial charge in [0.25, 0.3) is 0 Å². The van der Waals surface area contributed by atoms with E-state index >= 15 is 0 Å². The van der Waals surface area contributed by atoms with Crippen molar-refractivity contribution in [3.8, 4) is 11.3 Å². The van der Waals surface area contributed by atoms with Crippen LogP contribution in [0.15, 0.2) is 42.7 Å². The predicted octanol–water partition coefficient (Wildman–Crippen LogP) is 4.05. The van der Waals surface area contributed by atoms with E-state index in [1.807, 2.05) is 49.8 Å². The molecular weight excluding hydrogens is 336 g/mol. The molecule has 0 aliphatic rings. The van der Waals surface area contributed by atoms with Gasteiger partial charge in [-0.1, -0.05) is 44.2 Å². The molecule has 0 fully saturated rings. The number of hydrogen-bond acceptors (Lipinski definition) is 4. The van der Waals surface area contributed by atoms with Crippen LogP contribution >= 0.6 is 0 Å². The summed E-state index contributed by atoms with van der Waals surface area (Å²) >= 11 is 0. The highest BCUT2D eigenvalue weighted by Crippen LogP contribution is 2.32. The molecule has 0 aliphatic carbocycles. The standard InChI is InChI=1S/C21H24N6/c1-13-11-22-16(4)21-24-19(25-27(13)21)14(2)15(3)20-23-18(12-26(20)5)17-9-7-6-8-10-17/h6-12,14-15H,1-5H3/t14?,15-/m0/s1. The van der Waals surface area contributed by atoms with E-state index in [-0.39, 0.29) is 11.8 Å². The minimum Gasteiger partial charge on any atom is -0.337 e. The third-order valence-corrected chi connectivity index (χ3v) is 5.27. The van der Waals surface area contributed by atoms with Crippen LogP contribution in [0.25, 0.3) is 16.9 Å². The number of imidazole rings is 1. The van der Waals surface area contributed by atoms with E-state index in [1.54, 1.807) is 0 Å². The van der Waals surface area contributed by atoms with Crippen LogP contribution in [0.3, 0.4) is 0 Å². The van der Waals surface area contributed by atoms with E-state index in [0.29, 0.717) is 0 Å². The fraction of sp³-hybridized carbons (Fsp3) is 0.333. The summed E-state index contributed by atoms with van der Waals surface area (Å²) in [4.78, 5) is 14.1. The van der Waals surface area contributed by atoms with Crippen molar-refractivity contribution >= 4 is 5.65 Å². The van der Waals surface area contributed by atoms with Gasteiger partial charge in [-0.05, 0) is 13.8 Å². The van der Waals surface area contributed by atoms with Crippen molar-refractivity contribution < 1.29 is 0 Å². The number of aryl methyl sites for hydroxylation is 3. The third kappa shape index (κ3) is 3.01. The Hall–Kier alpha value is -3.02. The Balaban J connectivity index is 1.69. The van der Waals surface area contributed by atoms with E-state index in [9.17, 15) is 0 Å². The number of fused-ring (bicyclic) bond motifs is 1. The molecule has 0 spiro atoms. The molecular formula is C21H24N6. The van der Waals surface area contributed by atoms with Gasteiger partial charge in [-0.25, -0.2) is 14.5 Å². The largest absolute Gasteiger partial charge is 0.337 e. The molecule has 0 saturated heterocycles. The van der Waals surface area contributed by atoms with Crippen molar-refractivity contribution in [1.82, 2.24) is 29.1 Å². The summed E-state index contributed by atoms with van der Waals surface area (Å²) in [6, 6.07) is 10.3. The van der Waals surface area contributed by atoms with E-state index in [0.717, 1.165) is 39.9 Å². The van der Waals surface area contributed by atoms with Gasteiger partial charge in [0, 0.05) is 36.8 Å². The second kappa shape index (κ2) is 6.61. The van der Waals surface area contributed by atoms with Gasteiger partial charge in [0.05, 0.1) is 17.1 Å². The highest BCUT2D eigenvalue weighted by Gasteiger charge is 2.25. The lowest BCUT2D eigenvalue weighted by molar-refractivity contribution is 0.544. The molecule has 0 N–H and O–H groups in total. The molecule has 6 nitrogen and oxygen atoms in total. The Morgan fingerprint density at radius 1 is 0.963 bits per heavy atom. The van der Waals surface area contributed by atoms with Crippen LogP contribution in [-0.2, 0) is 7.05 Å². The first kappa shape index (κ1) is 17.4. The molecule has 4 rings (SSSR count). The first-order valence-corrected chi connectivity index (χ1v) is 9.23. The van der Waals surface area contributed by atoms with E-state index < -0.39 is 0 Å². The average Bonchev–Trinajstić information content (AvgIpc) is 3.29. The van der Waals surface area contributed by atoms with Gasteiger partial charge in [-0.3, -0.25) is 4.98 Å². The molecule has 3 heterocycles. The summed E-state index contributed by atoms with van der Waals surface area (Å²) in [5, 5.41) is 4.74. The highest BCUT2D eigenvalue weighted by molar-refractivity contribution is 5.58. The van der Waals surface area contributed by atoms with E-state index in [1.165, 1.54) is 0 Å². The van der Waals surface area contributed by atoms with Gasteiger partial charge < -0.3 is 4.57 Å². The molecule has 0 saturated carbocycles. The first-order valence-electron chi connectivity index (χ1n) is 9.23. The Morgan fingerprint density at radius 2 is 1.70 bits per heavy atom. The van der Waals surface area contributed by atoms with Crippen LogP contribution in [0.1, 0.15) is 48.7 Å². The van der Waals surface area contributed by atoms with Gasteiger partial charge >= 0.3 is 0 Å². The second-order valence-corrected chi connectivity index (χ2v) is 7.23. The molecule has 6 heteroatoms. The minimum atomic E-state index is 0.133. The van der Waals surface area contributed by atoms with Gasteiger partial charge in [0.1, 0.15) is 5.82 Å². The Bertz CT molecular complexity index is 1050. The Morgan fingerprint density at radius 3 is 2.41 bits per heavy atom. The smallest absolute Gasteiger partial charge is 0.177 e. The predicted molar refractivity (Wildman–Crippen MR) is 106 cm³/mol. The molecule has 4 aromatic rings. The molecule has 2 atom stereocenters. The number of aromatic nitrogens is 6. The summed E-state index contributed by atoms with van der Waals surface area (Å²) in [5.74, 6) is 2.17. The van der Waals surface area contributed by atoms with Crippen molar-refractivity contribution in [3.05, 3.63) is 65.8 Å². The summed E-state index contributed by atoms with van der Waals surface area (Å²) in [6.07, 6.45) is 3.92. The maximum absolute atomic E-state index is 4.90. The van der Waals surface area contributed by atoms with Gasteiger partial charge in [-0.2, -0.15) is 5.10 Å². The third-order valence-electron chi connectivity index (χ3n) is 5.27. The van der Waals surface area contributed by atoms with Crippen LogP contribution in [0, 0.1) is 13.8 Å². The van der Waals surface area contributed by atoms with Crippen molar-refractivity contribution in [1.29, 1.82) is 0 Å². The fourth-order valence-corrected chi connectivity index (χ4v) is 3.40. The van der Waals surface area contributed by atoms with Gasteiger partial charge in [-0.15, -0.1) is 0 Å².